The molecule has 1 aromatic rings. The first-order valence-corrected chi connectivity index (χ1v) is 9.07. The van der Waals surface area contributed by atoms with Crippen LogP contribution in [0, 0.1) is 0 Å². The molecule has 1 heterocycles. The summed E-state index contributed by atoms with van der Waals surface area (Å²) in [6, 6.07) is 6.81. The predicted molar refractivity (Wildman–Crippen MR) is 95.5 cm³/mol. The van der Waals surface area contributed by atoms with Crippen molar-refractivity contribution >= 4 is 6.09 Å². The first-order valence-electron chi connectivity index (χ1n) is 9.07. The molecule has 2 atom stereocenters. The van der Waals surface area contributed by atoms with Crippen molar-refractivity contribution in [3.63, 3.8) is 0 Å². The highest BCUT2D eigenvalue weighted by Crippen LogP contribution is 2.44. The van der Waals surface area contributed by atoms with E-state index in [1.807, 2.05) is 12.1 Å². The molecular weight excluding hydrogens is 302 g/mol. The van der Waals surface area contributed by atoms with Crippen molar-refractivity contribution in [2.75, 3.05) is 33.7 Å². The number of benzene rings is 1. The molecule has 24 heavy (non-hydrogen) atoms. The Balaban J connectivity index is 1.75. The zero-order chi connectivity index (χ0) is 17.1. The third-order valence-electron chi connectivity index (χ3n) is 5.38. The zero-order valence-electron chi connectivity index (χ0n) is 14.8. The van der Waals surface area contributed by atoms with E-state index in [0.29, 0.717) is 12.0 Å². The summed E-state index contributed by atoms with van der Waals surface area (Å²) >= 11 is 0. The smallest absolute Gasteiger partial charge is 0.410 e. The Bertz CT molecular complexity index is 588. The van der Waals surface area contributed by atoms with Gasteiger partial charge in [-0.15, -0.1) is 0 Å². The van der Waals surface area contributed by atoms with E-state index in [0.717, 1.165) is 38.1 Å². The van der Waals surface area contributed by atoms with Gasteiger partial charge in [0.15, 0.2) is 0 Å². The van der Waals surface area contributed by atoms with Crippen molar-refractivity contribution in [2.45, 2.75) is 44.1 Å². The molecule has 1 aliphatic heterocycles. The van der Waals surface area contributed by atoms with Crippen LogP contribution in [0.4, 0.5) is 4.79 Å². The number of amides is 1. The van der Waals surface area contributed by atoms with E-state index in [9.17, 15) is 4.79 Å². The topological polar surface area (TPSA) is 58.8 Å². The molecule has 0 radical (unpaired) electrons. The fourth-order valence-electron chi connectivity index (χ4n) is 4.17. The number of carbonyl (C=O) groups is 1. The summed E-state index contributed by atoms with van der Waals surface area (Å²) in [7, 11) is 3.42. The fourth-order valence-corrected chi connectivity index (χ4v) is 4.17. The average molecular weight is 331 g/mol. The van der Waals surface area contributed by atoms with Gasteiger partial charge >= 0.3 is 6.09 Å². The van der Waals surface area contributed by atoms with Gasteiger partial charge in [0.2, 0.25) is 0 Å². The Kier molecular flexibility index (Phi) is 5.41. The maximum atomic E-state index is 11.9. The van der Waals surface area contributed by atoms with Gasteiger partial charge < -0.3 is 15.4 Å². The maximum Gasteiger partial charge on any atom is 0.414 e. The van der Waals surface area contributed by atoms with Gasteiger partial charge in [-0.2, -0.15) is 0 Å². The highest BCUT2D eigenvalue weighted by Gasteiger charge is 2.39. The minimum atomic E-state index is -0.305. The van der Waals surface area contributed by atoms with Crippen LogP contribution < -0.4 is 10.5 Å². The molecule has 1 fully saturated rings. The molecule has 1 aromatic carbocycles. The lowest BCUT2D eigenvalue weighted by Crippen LogP contribution is -2.36. The summed E-state index contributed by atoms with van der Waals surface area (Å²) in [5, 5.41) is 0. The minimum absolute atomic E-state index is 0.305. The molecular formula is C19H29N3O2. The Morgan fingerprint density at radius 2 is 2.17 bits per heavy atom. The van der Waals surface area contributed by atoms with Gasteiger partial charge in [0.25, 0.3) is 0 Å². The van der Waals surface area contributed by atoms with E-state index in [4.69, 9.17) is 10.5 Å². The van der Waals surface area contributed by atoms with Crippen LogP contribution in [0.1, 0.15) is 42.7 Å². The van der Waals surface area contributed by atoms with Crippen LogP contribution in [0.2, 0.25) is 0 Å². The van der Waals surface area contributed by atoms with E-state index >= 15 is 0 Å². The summed E-state index contributed by atoms with van der Waals surface area (Å²) in [6.07, 6.45) is 5.32. The van der Waals surface area contributed by atoms with Crippen molar-refractivity contribution in [2.24, 2.45) is 5.73 Å². The van der Waals surface area contributed by atoms with Crippen molar-refractivity contribution < 1.29 is 9.53 Å². The first-order chi connectivity index (χ1) is 11.6. The van der Waals surface area contributed by atoms with Crippen molar-refractivity contribution in [3.8, 4) is 5.75 Å². The van der Waals surface area contributed by atoms with Gasteiger partial charge in [0, 0.05) is 26.1 Å². The van der Waals surface area contributed by atoms with Gasteiger partial charge in [-0.25, -0.2) is 4.79 Å². The predicted octanol–water partition coefficient (Wildman–Crippen LogP) is 2.59. The van der Waals surface area contributed by atoms with E-state index in [2.05, 4.69) is 11.0 Å². The van der Waals surface area contributed by atoms with E-state index in [1.165, 1.54) is 35.4 Å². The molecule has 0 spiro atoms. The quantitative estimate of drug-likeness (QED) is 0.843. The highest BCUT2D eigenvalue weighted by atomic mass is 16.6. The van der Waals surface area contributed by atoms with Gasteiger partial charge in [-0.3, -0.25) is 4.90 Å². The van der Waals surface area contributed by atoms with Gasteiger partial charge in [0.1, 0.15) is 5.75 Å². The van der Waals surface area contributed by atoms with Crippen molar-refractivity contribution in [1.29, 1.82) is 0 Å². The third kappa shape index (κ3) is 3.42. The van der Waals surface area contributed by atoms with E-state index < -0.39 is 0 Å². The highest BCUT2D eigenvalue weighted by molar-refractivity contribution is 5.70. The van der Waals surface area contributed by atoms with Crippen LogP contribution in [0.3, 0.4) is 0 Å². The van der Waals surface area contributed by atoms with E-state index in [1.54, 1.807) is 14.1 Å². The second-order valence-electron chi connectivity index (χ2n) is 7.12. The summed E-state index contributed by atoms with van der Waals surface area (Å²) in [4.78, 5) is 16.0. The van der Waals surface area contributed by atoms with Gasteiger partial charge in [0.05, 0.1) is 0 Å². The second kappa shape index (κ2) is 7.53. The number of carbonyl (C=O) groups excluding carboxylic acids is 1. The van der Waals surface area contributed by atoms with Crippen LogP contribution in [-0.4, -0.2) is 55.7 Å². The molecule has 2 unspecified atom stereocenters. The Labute approximate surface area is 144 Å². The van der Waals surface area contributed by atoms with Crippen molar-refractivity contribution in [1.82, 2.24) is 9.80 Å². The number of unbranched alkanes of at least 4 members (excludes halogenated alkanes) is 1. The lowest BCUT2D eigenvalue weighted by atomic mass is 9.79. The van der Waals surface area contributed by atoms with E-state index in [-0.39, 0.29) is 6.09 Å². The Hall–Kier alpha value is -1.59. The number of ether oxygens (including phenoxy) is 1. The lowest BCUT2D eigenvalue weighted by Gasteiger charge is -2.34. The number of nitrogens with two attached hydrogens (primary N) is 1. The van der Waals surface area contributed by atoms with Crippen LogP contribution in [0.15, 0.2) is 18.2 Å². The van der Waals surface area contributed by atoms with Crippen LogP contribution >= 0.6 is 0 Å². The summed E-state index contributed by atoms with van der Waals surface area (Å²) < 4.78 is 5.59. The second-order valence-corrected chi connectivity index (χ2v) is 7.12. The number of likely N-dealkylation sites (tertiary alicyclic amines) is 1. The Morgan fingerprint density at radius 1 is 1.33 bits per heavy atom. The number of nitrogens with zero attached hydrogens (tertiary/aromatic N) is 2. The van der Waals surface area contributed by atoms with Crippen LogP contribution in [0.25, 0.3) is 0 Å². The lowest BCUT2D eigenvalue weighted by molar-refractivity contribution is 0.170. The number of fused-ring (bicyclic) bond motifs is 3. The minimum Gasteiger partial charge on any atom is -0.410 e. The van der Waals surface area contributed by atoms with Crippen molar-refractivity contribution in [3.05, 3.63) is 29.3 Å². The largest absolute Gasteiger partial charge is 0.414 e. The molecule has 132 valence electrons. The molecule has 5 nitrogen and oxygen atoms in total. The van der Waals surface area contributed by atoms with Crippen LogP contribution in [0.5, 0.6) is 5.75 Å². The maximum absolute atomic E-state index is 11.9. The number of rotatable bonds is 5. The molecule has 0 saturated carbocycles. The molecule has 5 heteroatoms. The first kappa shape index (κ1) is 17.2. The monoisotopic (exact) mass is 331 g/mol. The molecule has 0 aromatic heterocycles. The molecule has 0 bridgehead atoms. The number of hydrogen-bond donors (Lipinski definition) is 1. The Morgan fingerprint density at radius 3 is 2.92 bits per heavy atom. The molecule has 2 N–H and O–H groups in total. The third-order valence-corrected chi connectivity index (χ3v) is 5.38. The molecule has 1 saturated heterocycles. The van der Waals surface area contributed by atoms with Gasteiger partial charge in [-0.05, 0) is 68.9 Å². The average Bonchev–Trinajstić information content (AvgIpc) is 2.99. The number of hydrogen-bond acceptors (Lipinski definition) is 4. The SMILES string of the molecule is CN(C)C(=O)Oc1cccc2c1CCC1C2CCN1CCCCN. The molecule has 1 amide bonds. The fraction of sp³-hybridized carbons (Fsp3) is 0.632. The zero-order valence-corrected chi connectivity index (χ0v) is 14.8. The van der Waals surface area contributed by atoms with Crippen LogP contribution in [-0.2, 0) is 6.42 Å². The molecule has 1 aliphatic carbocycles. The standard InChI is InChI=1S/C19H29N3O2/c1-21(2)19(23)24-18-7-5-6-14-15-10-13-22(12-4-3-11-20)17(15)9-8-16(14)18/h5-7,15,17H,3-4,8-13,20H2,1-2H3. The molecule has 3 rings (SSSR count). The summed E-state index contributed by atoms with van der Waals surface area (Å²) in [6.45, 7) is 3.11. The normalized spacial score (nSPS) is 22.8. The molecule has 2 aliphatic rings. The van der Waals surface area contributed by atoms with Gasteiger partial charge in [-0.1, -0.05) is 12.1 Å². The summed E-state index contributed by atoms with van der Waals surface area (Å²) in [5.41, 5.74) is 8.24. The summed E-state index contributed by atoms with van der Waals surface area (Å²) in [5.74, 6) is 1.32.